The summed E-state index contributed by atoms with van der Waals surface area (Å²) in [6, 6.07) is 6.42. The molecule has 2 heteroatoms. The average Bonchev–Trinajstić information content (AvgIpc) is 2.52. The van der Waals surface area contributed by atoms with Crippen LogP contribution in [-0.2, 0) is 0 Å². The molecule has 0 unspecified atom stereocenters. The number of hydrogen-bond donors (Lipinski definition) is 0. The number of unbranched alkanes of at least 4 members (excludes halogenated alkanes) is 2. The van der Waals surface area contributed by atoms with Gasteiger partial charge in [-0.25, -0.2) is 0 Å². The Hall–Kier alpha value is -1.70. The van der Waals surface area contributed by atoms with Crippen LogP contribution < -0.4 is 9.64 Å². The molecule has 0 saturated carbocycles. The Balaban J connectivity index is 2.95. The minimum absolute atomic E-state index is 0.550. The summed E-state index contributed by atoms with van der Waals surface area (Å²) in [4.78, 5) is 2.47. The second-order valence-corrected chi connectivity index (χ2v) is 5.87. The highest BCUT2D eigenvalue weighted by molar-refractivity contribution is 5.62. The minimum Gasteiger partial charge on any atom is -0.489 e. The van der Waals surface area contributed by atoms with Gasteiger partial charge in [-0.15, -0.1) is 0 Å². The molecule has 0 atom stereocenters. The number of ether oxygens (including phenoxy) is 1. The van der Waals surface area contributed by atoms with Gasteiger partial charge >= 0.3 is 0 Å². The lowest BCUT2D eigenvalue weighted by Gasteiger charge is -2.25. The number of hydrogen-bond acceptors (Lipinski definition) is 2. The molecule has 0 aliphatic heterocycles. The fourth-order valence-electron chi connectivity index (χ4n) is 2.28. The maximum Gasteiger partial charge on any atom is 0.129 e. The second kappa shape index (κ2) is 10.1. The predicted octanol–water partition coefficient (Wildman–Crippen LogP) is 5.69. The molecule has 0 heterocycles. The van der Waals surface area contributed by atoms with E-state index in [1.165, 1.54) is 31.4 Å². The molecule has 2 nitrogen and oxygen atoms in total. The molecule has 22 heavy (non-hydrogen) atoms. The highest BCUT2D eigenvalue weighted by atomic mass is 16.5. The lowest BCUT2D eigenvalue weighted by Crippen LogP contribution is -2.25. The number of rotatable bonds is 11. The Morgan fingerprint density at radius 1 is 1.18 bits per heavy atom. The van der Waals surface area contributed by atoms with Crippen molar-refractivity contribution >= 4 is 11.8 Å². The molecule has 1 rings (SSSR count). The van der Waals surface area contributed by atoms with Crippen molar-refractivity contribution in [3.8, 4) is 5.75 Å². The van der Waals surface area contributed by atoms with Gasteiger partial charge in [-0.1, -0.05) is 45.9 Å². The lowest BCUT2D eigenvalue weighted by atomic mass is 10.1. The fraction of sp³-hybridized carbons (Fsp3) is 0.500. The van der Waals surface area contributed by atoms with E-state index in [1.807, 2.05) is 13.0 Å². The van der Waals surface area contributed by atoms with E-state index in [2.05, 4.69) is 50.1 Å². The molecule has 0 bridgehead atoms. The van der Waals surface area contributed by atoms with Crippen LogP contribution in [0.25, 0.3) is 6.08 Å². The van der Waals surface area contributed by atoms with E-state index in [0.717, 1.165) is 30.0 Å². The van der Waals surface area contributed by atoms with E-state index >= 15 is 0 Å². The van der Waals surface area contributed by atoms with Gasteiger partial charge < -0.3 is 9.64 Å². The van der Waals surface area contributed by atoms with Crippen molar-refractivity contribution in [2.45, 2.75) is 46.5 Å². The molecule has 1 aromatic rings. The fourth-order valence-corrected chi connectivity index (χ4v) is 2.28. The molecular formula is C20H31NO. The first-order chi connectivity index (χ1) is 10.6. The standard InChI is InChI=1S/C20H31NO/c1-6-9-13-21(14-10-7-2)19-12-11-18(8-3)20(15-19)22-16-17(4)5/h8,11-12,15H,3-4,6-7,9-10,13-14,16H2,1-2,5H3. The van der Waals surface area contributed by atoms with Gasteiger partial charge in [0.15, 0.2) is 0 Å². The predicted molar refractivity (Wildman–Crippen MR) is 98.9 cm³/mol. The van der Waals surface area contributed by atoms with Crippen molar-refractivity contribution in [3.05, 3.63) is 42.5 Å². The van der Waals surface area contributed by atoms with E-state index < -0.39 is 0 Å². The van der Waals surface area contributed by atoms with Crippen LogP contribution >= 0.6 is 0 Å². The van der Waals surface area contributed by atoms with Gasteiger partial charge in [0.05, 0.1) is 0 Å². The third-order valence-corrected chi connectivity index (χ3v) is 3.62. The first-order valence-corrected chi connectivity index (χ1v) is 8.41. The maximum absolute atomic E-state index is 5.89. The lowest BCUT2D eigenvalue weighted by molar-refractivity contribution is 0.352. The van der Waals surface area contributed by atoms with Crippen LogP contribution in [-0.4, -0.2) is 19.7 Å². The Kier molecular flexibility index (Phi) is 8.42. The van der Waals surface area contributed by atoms with Crippen molar-refractivity contribution in [1.82, 2.24) is 0 Å². The van der Waals surface area contributed by atoms with Gasteiger partial charge in [0, 0.05) is 30.4 Å². The summed E-state index contributed by atoms with van der Waals surface area (Å²) < 4.78 is 5.89. The normalized spacial score (nSPS) is 10.3. The number of benzene rings is 1. The first-order valence-electron chi connectivity index (χ1n) is 8.41. The highest BCUT2D eigenvalue weighted by Crippen LogP contribution is 2.27. The van der Waals surface area contributed by atoms with E-state index in [0.29, 0.717) is 6.61 Å². The summed E-state index contributed by atoms with van der Waals surface area (Å²) in [6.45, 7) is 17.0. The Morgan fingerprint density at radius 3 is 2.32 bits per heavy atom. The largest absolute Gasteiger partial charge is 0.489 e. The zero-order chi connectivity index (χ0) is 16.4. The molecule has 0 fully saturated rings. The molecular weight excluding hydrogens is 270 g/mol. The van der Waals surface area contributed by atoms with Crippen molar-refractivity contribution in [2.24, 2.45) is 0 Å². The molecule has 0 radical (unpaired) electrons. The summed E-state index contributed by atoms with van der Waals surface area (Å²) in [7, 11) is 0. The van der Waals surface area contributed by atoms with Gasteiger partial charge in [0.25, 0.3) is 0 Å². The summed E-state index contributed by atoms with van der Waals surface area (Å²) in [5.74, 6) is 0.897. The van der Waals surface area contributed by atoms with Crippen LogP contribution in [0.2, 0.25) is 0 Å². The Labute approximate surface area is 136 Å². The number of anilines is 1. The minimum atomic E-state index is 0.550. The van der Waals surface area contributed by atoms with Crippen molar-refractivity contribution in [1.29, 1.82) is 0 Å². The Morgan fingerprint density at radius 2 is 1.82 bits per heavy atom. The van der Waals surface area contributed by atoms with E-state index in [9.17, 15) is 0 Å². The van der Waals surface area contributed by atoms with Gasteiger partial charge in [0.2, 0.25) is 0 Å². The van der Waals surface area contributed by atoms with E-state index in [4.69, 9.17) is 4.74 Å². The summed E-state index contributed by atoms with van der Waals surface area (Å²) in [6.07, 6.45) is 6.71. The summed E-state index contributed by atoms with van der Waals surface area (Å²) in [5.41, 5.74) is 3.30. The van der Waals surface area contributed by atoms with Crippen molar-refractivity contribution in [2.75, 3.05) is 24.6 Å². The molecule has 1 aromatic carbocycles. The van der Waals surface area contributed by atoms with Gasteiger partial charge in [-0.2, -0.15) is 0 Å². The highest BCUT2D eigenvalue weighted by Gasteiger charge is 2.09. The van der Waals surface area contributed by atoms with Crippen LogP contribution in [0.4, 0.5) is 5.69 Å². The quantitative estimate of drug-likeness (QED) is 0.487. The zero-order valence-electron chi connectivity index (χ0n) is 14.5. The third kappa shape index (κ3) is 5.97. The molecule has 122 valence electrons. The molecule has 0 aliphatic rings. The SMILES string of the molecule is C=Cc1ccc(N(CCCC)CCCC)cc1OCC(=C)C. The molecule has 0 amide bonds. The summed E-state index contributed by atoms with van der Waals surface area (Å²) in [5, 5.41) is 0. The van der Waals surface area contributed by atoms with Gasteiger partial charge in [-0.05, 0) is 37.5 Å². The van der Waals surface area contributed by atoms with Crippen molar-refractivity contribution in [3.63, 3.8) is 0 Å². The topological polar surface area (TPSA) is 12.5 Å². The van der Waals surface area contributed by atoms with Crippen LogP contribution in [0.3, 0.4) is 0 Å². The van der Waals surface area contributed by atoms with E-state index in [-0.39, 0.29) is 0 Å². The molecule has 0 spiro atoms. The Bertz CT molecular complexity index is 471. The van der Waals surface area contributed by atoms with E-state index in [1.54, 1.807) is 0 Å². The molecule has 0 aromatic heterocycles. The number of nitrogens with zero attached hydrogens (tertiary/aromatic N) is 1. The third-order valence-electron chi connectivity index (χ3n) is 3.62. The van der Waals surface area contributed by atoms with Crippen molar-refractivity contribution < 1.29 is 4.74 Å². The van der Waals surface area contributed by atoms with Gasteiger partial charge in [0.1, 0.15) is 12.4 Å². The second-order valence-electron chi connectivity index (χ2n) is 5.87. The van der Waals surface area contributed by atoms with Gasteiger partial charge in [-0.3, -0.25) is 0 Å². The monoisotopic (exact) mass is 301 g/mol. The molecule has 0 saturated heterocycles. The van der Waals surface area contributed by atoms with Crippen LogP contribution in [0, 0.1) is 0 Å². The van der Waals surface area contributed by atoms with Crippen LogP contribution in [0.1, 0.15) is 52.0 Å². The maximum atomic E-state index is 5.89. The van der Waals surface area contributed by atoms with Crippen LogP contribution in [0.15, 0.2) is 36.9 Å². The zero-order valence-corrected chi connectivity index (χ0v) is 14.5. The smallest absolute Gasteiger partial charge is 0.129 e. The first kappa shape index (κ1) is 18.3. The van der Waals surface area contributed by atoms with Crippen LogP contribution in [0.5, 0.6) is 5.75 Å². The molecule has 0 aliphatic carbocycles. The average molecular weight is 301 g/mol. The summed E-state index contributed by atoms with van der Waals surface area (Å²) >= 11 is 0. The molecule has 0 N–H and O–H groups in total.